The van der Waals surface area contributed by atoms with Crippen molar-refractivity contribution in [2.45, 2.75) is 0 Å². The monoisotopic (exact) mass is 835 g/mol. The molecule has 7 heteroatoms. The first-order valence-electron chi connectivity index (χ1n) is 21.4. The minimum atomic E-state index is 0.561. The summed E-state index contributed by atoms with van der Waals surface area (Å²) in [6.45, 7) is 0. The van der Waals surface area contributed by atoms with Gasteiger partial charge in [-0.25, -0.2) is 4.98 Å². The van der Waals surface area contributed by atoms with Crippen molar-refractivity contribution in [3.63, 3.8) is 0 Å². The van der Waals surface area contributed by atoms with E-state index in [4.69, 9.17) is 19.4 Å². The number of thiophene rings is 1. The lowest BCUT2D eigenvalue weighted by atomic mass is 9.99. The van der Waals surface area contributed by atoms with Gasteiger partial charge in [-0.15, -0.1) is 11.3 Å². The van der Waals surface area contributed by atoms with E-state index >= 15 is 0 Å². The molecular weight excluding hydrogens is 803 g/mol. The van der Waals surface area contributed by atoms with E-state index in [2.05, 4.69) is 191 Å². The second-order valence-electron chi connectivity index (χ2n) is 16.3. The molecule has 0 radical (unpaired) electrons. The molecule has 64 heavy (non-hydrogen) atoms. The molecular formula is C57H33N5OS. The van der Waals surface area contributed by atoms with Crippen molar-refractivity contribution in [3.8, 4) is 45.5 Å². The molecule has 5 aromatic heterocycles. The average molecular weight is 836 g/mol. The molecule has 9 aromatic carbocycles. The van der Waals surface area contributed by atoms with Gasteiger partial charge in [0, 0.05) is 58.2 Å². The minimum absolute atomic E-state index is 0.561. The zero-order valence-corrected chi connectivity index (χ0v) is 34.9. The highest BCUT2D eigenvalue weighted by atomic mass is 32.1. The highest BCUT2D eigenvalue weighted by Gasteiger charge is 2.24. The molecule has 0 spiro atoms. The predicted molar refractivity (Wildman–Crippen MR) is 265 cm³/mol. The van der Waals surface area contributed by atoms with Crippen LogP contribution in [-0.4, -0.2) is 24.1 Å². The summed E-state index contributed by atoms with van der Waals surface area (Å²) in [7, 11) is 0. The molecule has 0 saturated heterocycles. The Bertz CT molecular complexity index is 4200. The molecule has 298 valence electrons. The van der Waals surface area contributed by atoms with Crippen LogP contribution < -0.4 is 0 Å². The van der Waals surface area contributed by atoms with Crippen LogP contribution in [0.2, 0.25) is 0 Å². The van der Waals surface area contributed by atoms with Gasteiger partial charge in [0.05, 0.1) is 33.1 Å². The van der Waals surface area contributed by atoms with Crippen LogP contribution in [0.1, 0.15) is 0 Å². The zero-order valence-electron chi connectivity index (χ0n) is 34.1. The molecule has 0 saturated carbocycles. The minimum Gasteiger partial charge on any atom is -0.456 e. The van der Waals surface area contributed by atoms with Gasteiger partial charge in [0.2, 0.25) is 5.95 Å². The third-order valence-electron chi connectivity index (χ3n) is 12.8. The van der Waals surface area contributed by atoms with E-state index in [1.807, 2.05) is 18.2 Å². The summed E-state index contributed by atoms with van der Waals surface area (Å²) in [5.74, 6) is 1.81. The summed E-state index contributed by atoms with van der Waals surface area (Å²) in [4.78, 5) is 16.0. The van der Waals surface area contributed by atoms with Crippen molar-refractivity contribution in [1.82, 2.24) is 24.1 Å². The summed E-state index contributed by atoms with van der Waals surface area (Å²) in [6, 6.07) is 70.7. The molecule has 0 fully saturated rings. The van der Waals surface area contributed by atoms with Crippen molar-refractivity contribution in [2.24, 2.45) is 0 Å². The van der Waals surface area contributed by atoms with Gasteiger partial charge in [-0.1, -0.05) is 146 Å². The Morgan fingerprint density at radius 2 is 0.953 bits per heavy atom. The van der Waals surface area contributed by atoms with Gasteiger partial charge in [0.15, 0.2) is 11.6 Å². The largest absolute Gasteiger partial charge is 0.456 e. The summed E-state index contributed by atoms with van der Waals surface area (Å²) in [6.07, 6.45) is 0. The highest BCUT2D eigenvalue weighted by molar-refractivity contribution is 7.26. The number of hydrogen-bond donors (Lipinski definition) is 0. The van der Waals surface area contributed by atoms with Gasteiger partial charge >= 0.3 is 0 Å². The van der Waals surface area contributed by atoms with E-state index in [1.165, 1.54) is 20.9 Å². The fourth-order valence-corrected chi connectivity index (χ4v) is 11.2. The lowest BCUT2D eigenvalue weighted by molar-refractivity contribution is 0.669. The Morgan fingerprint density at radius 3 is 1.73 bits per heavy atom. The highest BCUT2D eigenvalue weighted by Crippen LogP contribution is 2.45. The number of furan rings is 1. The molecule has 5 heterocycles. The third kappa shape index (κ3) is 5.10. The van der Waals surface area contributed by atoms with Crippen molar-refractivity contribution in [3.05, 3.63) is 200 Å². The SMILES string of the molecule is c1ccc(-c2nc(-c3cccc4c3sc3ccccc34)nc(-n3c4ccccc4c4cc5c6ccccc6n(-c6cccc7oc8cccc(-c9ccccc9)c8c67)c5cc43)n2)cc1. The first-order valence-corrected chi connectivity index (χ1v) is 22.3. The predicted octanol–water partition coefficient (Wildman–Crippen LogP) is 15.3. The summed E-state index contributed by atoms with van der Waals surface area (Å²) in [5, 5.41) is 9.20. The Hall–Kier alpha value is -8.39. The third-order valence-corrected chi connectivity index (χ3v) is 14.0. The number of aromatic nitrogens is 5. The quantitative estimate of drug-likeness (QED) is 0.173. The molecule has 0 atom stereocenters. The Kier molecular flexibility index (Phi) is 7.46. The number of fused-ring (bicyclic) bond motifs is 12. The first kappa shape index (κ1) is 35.2. The maximum atomic E-state index is 6.66. The normalized spacial score (nSPS) is 12.1. The molecule has 0 N–H and O–H groups in total. The lowest BCUT2D eigenvalue weighted by Crippen LogP contribution is -2.06. The van der Waals surface area contributed by atoms with E-state index < -0.39 is 0 Å². The molecule has 0 aliphatic carbocycles. The fraction of sp³-hybridized carbons (Fsp3) is 0. The van der Waals surface area contributed by atoms with E-state index in [0.29, 0.717) is 17.6 Å². The van der Waals surface area contributed by atoms with E-state index in [9.17, 15) is 0 Å². The van der Waals surface area contributed by atoms with Crippen molar-refractivity contribution in [2.75, 3.05) is 0 Å². The summed E-state index contributed by atoms with van der Waals surface area (Å²) >= 11 is 1.78. The molecule has 14 aromatic rings. The van der Waals surface area contributed by atoms with Crippen LogP contribution in [0.4, 0.5) is 0 Å². The molecule has 14 rings (SSSR count). The molecule has 6 nitrogen and oxygen atoms in total. The van der Waals surface area contributed by atoms with Gasteiger partial charge in [-0.3, -0.25) is 4.57 Å². The maximum absolute atomic E-state index is 6.66. The Morgan fingerprint density at radius 1 is 0.375 bits per heavy atom. The van der Waals surface area contributed by atoms with Crippen molar-refractivity contribution < 1.29 is 4.42 Å². The Labute approximate surface area is 369 Å². The summed E-state index contributed by atoms with van der Waals surface area (Å²) in [5.41, 5.74) is 11.2. The fourth-order valence-electron chi connectivity index (χ4n) is 10.0. The van der Waals surface area contributed by atoms with Gasteiger partial charge in [-0.05, 0) is 65.7 Å². The number of nitrogens with zero attached hydrogens (tertiary/aromatic N) is 5. The molecule has 0 unspecified atom stereocenters. The number of hydrogen-bond acceptors (Lipinski definition) is 5. The molecule has 0 aliphatic heterocycles. The number of para-hydroxylation sites is 2. The van der Waals surface area contributed by atoms with Gasteiger partial charge in [0.25, 0.3) is 0 Å². The van der Waals surface area contributed by atoms with Gasteiger partial charge in [-0.2, -0.15) is 9.97 Å². The van der Waals surface area contributed by atoms with Crippen LogP contribution in [0, 0.1) is 0 Å². The van der Waals surface area contributed by atoms with Gasteiger partial charge < -0.3 is 8.98 Å². The van der Waals surface area contributed by atoms with E-state index in [1.54, 1.807) is 11.3 Å². The second kappa shape index (κ2) is 13.6. The molecule has 0 amide bonds. The summed E-state index contributed by atoms with van der Waals surface area (Å²) < 4.78 is 13.7. The topological polar surface area (TPSA) is 61.7 Å². The van der Waals surface area contributed by atoms with Crippen LogP contribution in [0.25, 0.3) is 131 Å². The Balaban J connectivity index is 1.09. The maximum Gasteiger partial charge on any atom is 0.238 e. The number of benzene rings is 9. The second-order valence-corrected chi connectivity index (χ2v) is 17.4. The van der Waals surface area contributed by atoms with E-state index in [-0.39, 0.29) is 0 Å². The lowest BCUT2D eigenvalue weighted by Gasteiger charge is -2.13. The standard InChI is InChI=1S/C57H33N5OS/c1-3-16-34(17-4-1)36-23-14-29-49-52(36)53-46(28-15-30-50(53)63-49)61-44-26-10-7-20-37(44)42-32-43-38-21-8-11-27-45(38)62(48(43)33-47(42)61)57-59-55(35-18-5-2-6-19-35)58-56(60-57)41-25-13-24-40-39-22-9-12-31-51(39)64-54(40)41/h1-33H. The zero-order chi connectivity index (χ0) is 41.9. The van der Waals surface area contributed by atoms with Crippen LogP contribution in [0.15, 0.2) is 205 Å². The number of rotatable bonds is 5. The first-order chi connectivity index (χ1) is 31.7. The van der Waals surface area contributed by atoms with Crippen LogP contribution in [0.3, 0.4) is 0 Å². The van der Waals surface area contributed by atoms with Gasteiger partial charge in [0.1, 0.15) is 11.2 Å². The molecule has 0 aliphatic rings. The van der Waals surface area contributed by atoms with Crippen LogP contribution in [0.5, 0.6) is 0 Å². The average Bonchev–Trinajstić information content (AvgIpc) is 4.11. The van der Waals surface area contributed by atoms with Crippen LogP contribution in [-0.2, 0) is 0 Å². The molecule has 0 bridgehead atoms. The van der Waals surface area contributed by atoms with Crippen LogP contribution >= 0.6 is 11.3 Å². The van der Waals surface area contributed by atoms with Crippen molar-refractivity contribution >= 4 is 97.1 Å². The van der Waals surface area contributed by atoms with E-state index in [0.717, 1.165) is 92.8 Å². The van der Waals surface area contributed by atoms with Crippen molar-refractivity contribution in [1.29, 1.82) is 0 Å². The smallest absolute Gasteiger partial charge is 0.238 e.